The van der Waals surface area contributed by atoms with Crippen LogP contribution in [0.25, 0.3) is 0 Å². The molecule has 0 saturated heterocycles. The molecule has 0 aromatic rings. The second-order valence-electron chi connectivity index (χ2n) is 2.05. The lowest BCUT2D eigenvalue weighted by Gasteiger charge is -2.12. The molecule has 8 heavy (non-hydrogen) atoms. The molecule has 0 aromatic heterocycles. The second kappa shape index (κ2) is 1.97. The Morgan fingerprint density at radius 1 is 1.88 bits per heavy atom. The highest BCUT2D eigenvalue weighted by atomic mass is 15.1. The van der Waals surface area contributed by atoms with Gasteiger partial charge in [-0.25, -0.2) is 0 Å². The summed E-state index contributed by atoms with van der Waals surface area (Å²) in [5.74, 6) is 0. The lowest BCUT2D eigenvalue weighted by molar-refractivity contribution is 0.378. The van der Waals surface area contributed by atoms with Crippen molar-refractivity contribution in [2.75, 3.05) is 6.54 Å². The molecule has 1 heterocycles. The Morgan fingerprint density at radius 3 is 2.88 bits per heavy atom. The fourth-order valence-electron chi connectivity index (χ4n) is 0.666. The lowest BCUT2D eigenvalue weighted by Crippen LogP contribution is -2.23. The number of hydrogen-bond donors (Lipinski definition) is 0. The maximum atomic E-state index is 3.86. The average Bonchev–Trinajstić information content (AvgIpc) is 2.12. The van der Waals surface area contributed by atoms with Gasteiger partial charge in [-0.3, -0.25) is 0 Å². The molecule has 1 nitrogen and oxygen atoms in total. The van der Waals surface area contributed by atoms with Crippen molar-refractivity contribution < 1.29 is 0 Å². The van der Waals surface area contributed by atoms with Crippen molar-refractivity contribution in [2.45, 2.75) is 13.0 Å². The molecule has 42 valence electrons. The first-order chi connectivity index (χ1) is 3.80. The van der Waals surface area contributed by atoms with Gasteiger partial charge in [0.25, 0.3) is 0 Å². The molecule has 0 fully saturated rings. The highest BCUT2D eigenvalue weighted by molar-refractivity contribution is 4.98. The van der Waals surface area contributed by atoms with Crippen LogP contribution >= 0.6 is 0 Å². The average molecular weight is 108 g/mol. The minimum Gasteiger partial charge on any atom is -0.327 e. The quantitative estimate of drug-likeness (QED) is 0.360. The monoisotopic (exact) mass is 108 g/mol. The van der Waals surface area contributed by atoms with Crippen LogP contribution in [0.2, 0.25) is 0 Å². The third kappa shape index (κ3) is 0.877. The Morgan fingerprint density at radius 2 is 2.62 bits per heavy atom. The molecule has 0 spiro atoms. The van der Waals surface area contributed by atoms with E-state index < -0.39 is 0 Å². The summed E-state index contributed by atoms with van der Waals surface area (Å²) in [5.41, 5.74) is 2.99. The summed E-state index contributed by atoms with van der Waals surface area (Å²) in [4.78, 5) is 2.12. The van der Waals surface area contributed by atoms with E-state index in [1.807, 2.05) is 12.3 Å². The van der Waals surface area contributed by atoms with E-state index in [1.54, 1.807) is 0 Å². The van der Waals surface area contributed by atoms with E-state index in [0.717, 1.165) is 6.54 Å². The minimum atomic E-state index is 0.376. The van der Waals surface area contributed by atoms with E-state index in [-0.39, 0.29) is 0 Å². The van der Waals surface area contributed by atoms with Crippen LogP contribution in [0.1, 0.15) is 6.92 Å². The standard InChI is InChI=1S/C7H10N/c1-7(2)8-5-3-4-6-8/h3,6-7H,1,5H2,2H3/q+1. The van der Waals surface area contributed by atoms with Gasteiger partial charge in [-0.05, 0) is 13.0 Å². The summed E-state index contributed by atoms with van der Waals surface area (Å²) in [7, 11) is 0. The molecule has 0 saturated carbocycles. The lowest BCUT2D eigenvalue weighted by atomic mass is 10.3. The predicted molar refractivity (Wildman–Crippen MR) is 34.2 cm³/mol. The van der Waals surface area contributed by atoms with E-state index >= 15 is 0 Å². The first-order valence-corrected chi connectivity index (χ1v) is 2.80. The van der Waals surface area contributed by atoms with Gasteiger partial charge in [0.15, 0.2) is 6.04 Å². The molecule has 1 aliphatic heterocycles. The Kier molecular flexibility index (Phi) is 1.32. The fraction of sp³-hybridized carbons (Fsp3) is 0.429. The first kappa shape index (κ1) is 5.33. The van der Waals surface area contributed by atoms with Crippen LogP contribution in [0, 0.1) is 6.92 Å². The van der Waals surface area contributed by atoms with Crippen molar-refractivity contribution in [3.05, 3.63) is 24.9 Å². The smallest absolute Gasteiger partial charge is 0.165 e. The van der Waals surface area contributed by atoms with Crippen molar-refractivity contribution >= 4 is 0 Å². The summed E-state index contributed by atoms with van der Waals surface area (Å²) in [6, 6.07) is 0.376. The Balaban J connectivity index is 2.42. The van der Waals surface area contributed by atoms with Crippen molar-refractivity contribution in [1.82, 2.24) is 4.90 Å². The Hall–Kier alpha value is -0.810. The molecule has 0 amide bonds. The minimum absolute atomic E-state index is 0.376. The van der Waals surface area contributed by atoms with Gasteiger partial charge in [-0.1, -0.05) is 0 Å². The number of rotatable bonds is 1. The van der Waals surface area contributed by atoms with Crippen LogP contribution in [0.5, 0.6) is 0 Å². The zero-order valence-corrected chi connectivity index (χ0v) is 5.09. The largest absolute Gasteiger partial charge is 0.327 e. The van der Waals surface area contributed by atoms with Crippen molar-refractivity contribution in [2.24, 2.45) is 0 Å². The maximum Gasteiger partial charge on any atom is 0.165 e. The Labute approximate surface area is 50.3 Å². The van der Waals surface area contributed by atoms with Gasteiger partial charge in [0.05, 0.1) is 6.92 Å². The molecule has 0 bridgehead atoms. The van der Waals surface area contributed by atoms with Gasteiger partial charge in [0, 0.05) is 12.7 Å². The number of nitrogens with zero attached hydrogens (tertiary/aromatic N) is 1. The van der Waals surface area contributed by atoms with Gasteiger partial charge in [0.1, 0.15) is 0 Å². The summed E-state index contributed by atoms with van der Waals surface area (Å²) < 4.78 is 0. The van der Waals surface area contributed by atoms with E-state index in [1.165, 1.54) is 0 Å². The third-order valence-electron chi connectivity index (χ3n) is 1.23. The molecule has 0 aliphatic carbocycles. The van der Waals surface area contributed by atoms with Crippen molar-refractivity contribution in [3.8, 4) is 0 Å². The van der Waals surface area contributed by atoms with Crippen LogP contribution in [0.15, 0.2) is 18.0 Å². The van der Waals surface area contributed by atoms with Gasteiger partial charge in [-0.15, -0.1) is 5.73 Å². The first-order valence-electron chi connectivity index (χ1n) is 2.80. The zero-order chi connectivity index (χ0) is 5.98. The molecule has 1 rings (SSSR count). The normalized spacial score (nSPS) is 19.9. The molecule has 0 radical (unpaired) electrons. The van der Waals surface area contributed by atoms with Crippen LogP contribution in [0.3, 0.4) is 0 Å². The SMILES string of the molecule is [CH2+]C(C)N1C=C=CC1. The van der Waals surface area contributed by atoms with Gasteiger partial charge < -0.3 is 4.90 Å². The molecule has 0 aromatic carbocycles. The van der Waals surface area contributed by atoms with Gasteiger partial charge >= 0.3 is 0 Å². The van der Waals surface area contributed by atoms with E-state index in [9.17, 15) is 0 Å². The molecule has 1 atom stereocenters. The summed E-state index contributed by atoms with van der Waals surface area (Å²) in [6.45, 7) is 6.90. The van der Waals surface area contributed by atoms with E-state index in [4.69, 9.17) is 0 Å². The van der Waals surface area contributed by atoms with Crippen molar-refractivity contribution in [3.63, 3.8) is 0 Å². The highest BCUT2D eigenvalue weighted by Crippen LogP contribution is 2.01. The van der Waals surface area contributed by atoms with E-state index in [0.29, 0.717) is 6.04 Å². The molecular weight excluding hydrogens is 98.1 g/mol. The van der Waals surface area contributed by atoms with Gasteiger partial charge in [-0.2, -0.15) is 0 Å². The van der Waals surface area contributed by atoms with Crippen molar-refractivity contribution in [1.29, 1.82) is 0 Å². The molecule has 1 heteroatoms. The van der Waals surface area contributed by atoms with Crippen LogP contribution < -0.4 is 0 Å². The van der Waals surface area contributed by atoms with Crippen LogP contribution in [-0.2, 0) is 0 Å². The molecule has 1 unspecified atom stereocenters. The number of hydrogen-bond acceptors (Lipinski definition) is 1. The third-order valence-corrected chi connectivity index (χ3v) is 1.23. The Bertz CT molecular complexity index is 129. The second-order valence-corrected chi connectivity index (χ2v) is 2.05. The van der Waals surface area contributed by atoms with Crippen LogP contribution in [0.4, 0.5) is 0 Å². The van der Waals surface area contributed by atoms with E-state index in [2.05, 4.69) is 24.5 Å². The van der Waals surface area contributed by atoms with Crippen LogP contribution in [-0.4, -0.2) is 17.5 Å². The summed E-state index contributed by atoms with van der Waals surface area (Å²) >= 11 is 0. The highest BCUT2D eigenvalue weighted by Gasteiger charge is 2.08. The molecule has 0 N–H and O–H groups in total. The zero-order valence-electron chi connectivity index (χ0n) is 5.09. The summed E-state index contributed by atoms with van der Waals surface area (Å²) in [5, 5.41) is 0. The summed E-state index contributed by atoms with van der Waals surface area (Å²) in [6.07, 6.45) is 3.94. The van der Waals surface area contributed by atoms with Gasteiger partial charge in [0.2, 0.25) is 0 Å². The molecular formula is C7H10N+. The fourth-order valence-corrected chi connectivity index (χ4v) is 0.666. The molecule has 1 aliphatic rings. The topological polar surface area (TPSA) is 3.24 Å². The predicted octanol–water partition coefficient (Wildman–Crippen LogP) is 1.19. The maximum absolute atomic E-state index is 3.86.